The molecule has 0 amide bonds. The van der Waals surface area contributed by atoms with Gasteiger partial charge in [-0.15, -0.1) is 0 Å². The van der Waals surface area contributed by atoms with Crippen LogP contribution in [0.4, 0.5) is 0 Å². The molecule has 0 saturated heterocycles. The third kappa shape index (κ3) is 1.49. The molecule has 0 radical (unpaired) electrons. The maximum Gasteiger partial charge on any atom is 0.210 e. The molecule has 0 spiro atoms. The van der Waals surface area contributed by atoms with Crippen LogP contribution in [0.5, 0.6) is 0 Å². The number of hydrogen-bond donors (Lipinski definition) is 0. The van der Waals surface area contributed by atoms with E-state index in [4.69, 9.17) is 13.6 Å². The molecule has 0 aromatic carbocycles. The van der Waals surface area contributed by atoms with E-state index in [9.17, 15) is 4.79 Å². The lowest BCUT2D eigenvalue weighted by atomic mass is 10.1. The highest BCUT2D eigenvalue weighted by atomic mass is 16.5. The van der Waals surface area contributed by atoms with Crippen molar-refractivity contribution in [3.63, 3.8) is 0 Å². The van der Waals surface area contributed by atoms with E-state index in [-0.39, 0.29) is 5.78 Å². The molecule has 4 nitrogen and oxygen atoms in total. The molecule has 1 aliphatic rings. The molecule has 2 aromatic heterocycles. The highest BCUT2D eigenvalue weighted by Gasteiger charge is 2.36. The highest BCUT2D eigenvalue weighted by molar-refractivity contribution is 6.30. The van der Waals surface area contributed by atoms with Crippen LogP contribution in [0, 0.1) is 0 Å². The smallest absolute Gasteiger partial charge is 0.210 e. The third-order valence-corrected chi connectivity index (χ3v) is 2.65. The number of furan rings is 2. The van der Waals surface area contributed by atoms with Gasteiger partial charge in [-0.05, 0) is 31.2 Å². The van der Waals surface area contributed by atoms with Crippen molar-refractivity contribution < 1.29 is 18.4 Å². The minimum absolute atomic E-state index is 0.0913. The van der Waals surface area contributed by atoms with E-state index in [1.54, 1.807) is 37.5 Å². The lowest BCUT2D eigenvalue weighted by Crippen LogP contribution is -2.12. The van der Waals surface area contributed by atoms with Crippen LogP contribution in [-0.2, 0) is 9.53 Å². The minimum Gasteiger partial charge on any atom is -0.478 e. The van der Waals surface area contributed by atoms with Crippen LogP contribution >= 0.6 is 0 Å². The van der Waals surface area contributed by atoms with Crippen molar-refractivity contribution in [1.82, 2.24) is 0 Å². The molecule has 86 valence electrons. The average molecular weight is 230 g/mol. The largest absolute Gasteiger partial charge is 0.478 e. The van der Waals surface area contributed by atoms with Crippen molar-refractivity contribution in [3.05, 3.63) is 48.3 Å². The first-order valence-electron chi connectivity index (χ1n) is 5.30. The monoisotopic (exact) mass is 230 g/mol. The summed E-state index contributed by atoms with van der Waals surface area (Å²) < 4.78 is 16.1. The third-order valence-electron chi connectivity index (χ3n) is 2.65. The van der Waals surface area contributed by atoms with Gasteiger partial charge in [0, 0.05) is 0 Å². The number of carbonyl (C=O) groups excluding carboxylic acids is 1. The molecule has 0 aliphatic carbocycles. The van der Waals surface area contributed by atoms with E-state index in [0.717, 1.165) is 0 Å². The summed E-state index contributed by atoms with van der Waals surface area (Å²) in [6.07, 6.45) is 2.56. The number of rotatable bonds is 2. The Morgan fingerprint density at radius 3 is 2.29 bits per heavy atom. The van der Waals surface area contributed by atoms with E-state index >= 15 is 0 Å². The summed E-state index contributed by atoms with van der Waals surface area (Å²) in [5, 5.41) is 0. The van der Waals surface area contributed by atoms with Crippen molar-refractivity contribution in [3.8, 4) is 0 Å². The zero-order chi connectivity index (χ0) is 11.8. The molecule has 0 N–H and O–H groups in total. The van der Waals surface area contributed by atoms with Gasteiger partial charge in [0.25, 0.3) is 0 Å². The summed E-state index contributed by atoms with van der Waals surface area (Å²) in [6.45, 7) is 1.71. The molecular formula is C13H10O4. The summed E-state index contributed by atoms with van der Waals surface area (Å²) in [7, 11) is 0. The van der Waals surface area contributed by atoms with Crippen LogP contribution in [0.15, 0.2) is 45.6 Å². The van der Waals surface area contributed by atoms with Crippen molar-refractivity contribution in [2.75, 3.05) is 0 Å². The van der Waals surface area contributed by atoms with Crippen LogP contribution in [0.25, 0.3) is 11.3 Å². The summed E-state index contributed by atoms with van der Waals surface area (Å²) in [5.41, 5.74) is 0.442. The van der Waals surface area contributed by atoms with Gasteiger partial charge < -0.3 is 13.6 Å². The molecule has 2 aromatic rings. The Hall–Kier alpha value is -2.23. The second-order valence-corrected chi connectivity index (χ2v) is 3.78. The number of Topliss-reactive ketones (excluding diaryl/α,β-unsaturated/α-hetero) is 1. The van der Waals surface area contributed by atoms with E-state index < -0.39 is 6.10 Å². The first kappa shape index (κ1) is 9.96. The van der Waals surface area contributed by atoms with Gasteiger partial charge in [-0.2, -0.15) is 0 Å². The lowest BCUT2D eigenvalue weighted by molar-refractivity contribution is -0.118. The maximum absolute atomic E-state index is 12.0. The molecule has 0 saturated carbocycles. The van der Waals surface area contributed by atoms with Crippen LogP contribution in [0.1, 0.15) is 18.4 Å². The minimum atomic E-state index is -0.504. The van der Waals surface area contributed by atoms with Gasteiger partial charge in [0.15, 0.2) is 17.6 Å². The van der Waals surface area contributed by atoms with Gasteiger partial charge in [-0.3, -0.25) is 4.79 Å². The molecule has 0 bridgehead atoms. The van der Waals surface area contributed by atoms with Crippen molar-refractivity contribution in [2.24, 2.45) is 0 Å². The predicted octanol–water partition coefficient (Wildman–Crippen LogP) is 2.73. The quantitative estimate of drug-likeness (QED) is 0.795. The molecule has 3 rings (SSSR count). The van der Waals surface area contributed by atoms with E-state index in [1.165, 1.54) is 6.26 Å². The molecule has 1 atom stereocenters. The van der Waals surface area contributed by atoms with Gasteiger partial charge in [-0.25, -0.2) is 0 Å². The fourth-order valence-corrected chi connectivity index (χ4v) is 1.85. The molecular weight excluding hydrogens is 220 g/mol. The molecule has 3 heterocycles. The zero-order valence-electron chi connectivity index (χ0n) is 9.17. The first-order chi connectivity index (χ1) is 8.27. The molecule has 1 unspecified atom stereocenters. The Balaban J connectivity index is 2.17. The van der Waals surface area contributed by atoms with Gasteiger partial charge >= 0.3 is 0 Å². The van der Waals surface area contributed by atoms with E-state index in [1.807, 2.05) is 0 Å². The van der Waals surface area contributed by atoms with Crippen LogP contribution in [0.2, 0.25) is 0 Å². The fraction of sp³-hybridized carbons (Fsp3) is 0.154. The Morgan fingerprint density at radius 2 is 1.71 bits per heavy atom. The molecule has 17 heavy (non-hydrogen) atoms. The van der Waals surface area contributed by atoms with Gasteiger partial charge in [0.05, 0.1) is 12.5 Å². The zero-order valence-corrected chi connectivity index (χ0v) is 9.17. The Labute approximate surface area is 97.5 Å². The van der Waals surface area contributed by atoms with Gasteiger partial charge in [0.1, 0.15) is 11.3 Å². The number of ketones is 1. The second kappa shape index (κ2) is 3.66. The summed E-state index contributed by atoms with van der Waals surface area (Å²) in [6, 6.07) is 6.97. The topological polar surface area (TPSA) is 52.6 Å². The van der Waals surface area contributed by atoms with Crippen molar-refractivity contribution >= 4 is 17.1 Å². The van der Waals surface area contributed by atoms with Crippen LogP contribution in [-0.4, -0.2) is 11.9 Å². The van der Waals surface area contributed by atoms with Crippen LogP contribution in [0.3, 0.4) is 0 Å². The number of carbonyl (C=O) groups is 1. The number of hydrogen-bond acceptors (Lipinski definition) is 4. The first-order valence-corrected chi connectivity index (χ1v) is 5.30. The Kier molecular flexibility index (Phi) is 2.14. The Bertz CT molecular complexity index is 561. The lowest BCUT2D eigenvalue weighted by Gasteiger charge is -2.03. The molecule has 0 fully saturated rings. The Morgan fingerprint density at radius 1 is 1.06 bits per heavy atom. The molecule has 4 heteroatoms. The summed E-state index contributed by atoms with van der Waals surface area (Å²) in [4.78, 5) is 12.0. The normalized spacial score (nSPS) is 19.8. The highest BCUT2D eigenvalue weighted by Crippen LogP contribution is 2.36. The fourth-order valence-electron chi connectivity index (χ4n) is 1.85. The van der Waals surface area contributed by atoms with Crippen molar-refractivity contribution in [1.29, 1.82) is 0 Å². The van der Waals surface area contributed by atoms with Gasteiger partial charge in [-0.1, -0.05) is 0 Å². The summed E-state index contributed by atoms with van der Waals surface area (Å²) in [5.74, 6) is 1.40. The van der Waals surface area contributed by atoms with Gasteiger partial charge in [0.2, 0.25) is 5.78 Å². The van der Waals surface area contributed by atoms with E-state index in [2.05, 4.69) is 0 Å². The van der Waals surface area contributed by atoms with E-state index in [0.29, 0.717) is 22.9 Å². The number of ether oxygens (including phenoxy) is 1. The second-order valence-electron chi connectivity index (χ2n) is 3.78. The SMILES string of the molecule is CC1OC(c2ccco2)=C(c2ccco2)C1=O. The predicted molar refractivity (Wildman–Crippen MR) is 59.8 cm³/mol. The van der Waals surface area contributed by atoms with Crippen LogP contribution < -0.4 is 0 Å². The summed E-state index contributed by atoms with van der Waals surface area (Å²) >= 11 is 0. The maximum atomic E-state index is 12.0. The average Bonchev–Trinajstić information content (AvgIpc) is 3.01. The molecule has 1 aliphatic heterocycles. The standard InChI is InChI=1S/C13H10O4/c1-8-12(14)11(9-4-2-6-15-9)13(17-8)10-5-3-7-16-10/h2-8H,1H3. The van der Waals surface area contributed by atoms with Crippen molar-refractivity contribution in [2.45, 2.75) is 13.0 Å².